The van der Waals surface area contributed by atoms with Gasteiger partial charge in [-0.2, -0.15) is 4.31 Å². The van der Waals surface area contributed by atoms with E-state index in [4.69, 9.17) is 4.42 Å². The van der Waals surface area contributed by atoms with Crippen LogP contribution in [0.2, 0.25) is 0 Å². The number of sulfonamides is 1. The number of H-pyrrole nitrogens is 1. The van der Waals surface area contributed by atoms with Gasteiger partial charge in [-0.1, -0.05) is 0 Å². The molecule has 1 fully saturated rings. The third-order valence-corrected chi connectivity index (χ3v) is 6.99. The lowest BCUT2D eigenvalue weighted by molar-refractivity contribution is 0.384. The molecule has 5 rings (SSSR count). The summed E-state index contributed by atoms with van der Waals surface area (Å²) < 4.78 is 34.4. The van der Waals surface area contributed by atoms with E-state index in [0.29, 0.717) is 37.3 Å². The average Bonchev–Trinajstić information content (AvgIpc) is 3.42. The monoisotopic (exact) mass is 426 g/mol. The Kier molecular flexibility index (Phi) is 4.40. The summed E-state index contributed by atoms with van der Waals surface area (Å²) in [5.41, 5.74) is 0.685. The molecule has 4 heterocycles. The third-order valence-electron chi connectivity index (χ3n) is 5.10. The zero-order valence-corrected chi connectivity index (χ0v) is 16.6. The zero-order valence-electron chi connectivity index (χ0n) is 15.8. The van der Waals surface area contributed by atoms with Crippen molar-refractivity contribution < 1.29 is 12.8 Å². The molecule has 1 aromatic carbocycles. The van der Waals surface area contributed by atoms with Crippen molar-refractivity contribution in [1.82, 2.24) is 23.8 Å². The molecule has 3 aromatic heterocycles. The number of anilines is 1. The number of hydrogen-bond donors (Lipinski definition) is 1. The van der Waals surface area contributed by atoms with Crippen LogP contribution in [0.3, 0.4) is 0 Å². The Morgan fingerprint density at radius 3 is 2.47 bits per heavy atom. The molecule has 11 heteroatoms. The van der Waals surface area contributed by atoms with Gasteiger partial charge in [-0.3, -0.25) is 4.98 Å². The molecule has 0 unspecified atom stereocenters. The number of aromatic nitrogens is 4. The molecule has 0 saturated carbocycles. The second-order valence-corrected chi connectivity index (χ2v) is 8.83. The summed E-state index contributed by atoms with van der Waals surface area (Å²) in [6.07, 6.45) is 5.32. The lowest BCUT2D eigenvalue weighted by Gasteiger charge is -2.34. The number of hydrogen-bond acceptors (Lipinski definition) is 7. The van der Waals surface area contributed by atoms with E-state index in [1.54, 1.807) is 0 Å². The number of piperazine rings is 1. The summed E-state index contributed by atoms with van der Waals surface area (Å²) in [7, 11) is -3.69. The largest absolute Gasteiger partial charge is 0.417 e. The van der Waals surface area contributed by atoms with Crippen LogP contribution in [0.1, 0.15) is 0 Å². The van der Waals surface area contributed by atoms with Crippen molar-refractivity contribution in [3.8, 4) is 5.82 Å². The van der Waals surface area contributed by atoms with Gasteiger partial charge < -0.3 is 13.9 Å². The zero-order chi connectivity index (χ0) is 20.7. The van der Waals surface area contributed by atoms with Gasteiger partial charge in [-0.15, -0.1) is 0 Å². The number of benzene rings is 1. The van der Waals surface area contributed by atoms with Gasteiger partial charge in [0.05, 0.1) is 10.4 Å². The number of fused-ring (bicyclic) bond motifs is 1. The van der Waals surface area contributed by atoms with Crippen LogP contribution in [0.15, 0.2) is 69.2 Å². The number of nitrogens with one attached hydrogen (secondary N) is 1. The van der Waals surface area contributed by atoms with Crippen LogP contribution in [-0.2, 0) is 10.0 Å². The van der Waals surface area contributed by atoms with Crippen LogP contribution in [0.25, 0.3) is 16.9 Å². The first-order chi connectivity index (χ1) is 14.5. The molecule has 0 bridgehead atoms. The predicted molar refractivity (Wildman–Crippen MR) is 109 cm³/mol. The molecule has 154 valence electrons. The molecular weight excluding hydrogens is 408 g/mol. The van der Waals surface area contributed by atoms with E-state index in [0.717, 1.165) is 11.6 Å². The Morgan fingerprint density at radius 1 is 0.967 bits per heavy atom. The molecule has 0 spiro atoms. The summed E-state index contributed by atoms with van der Waals surface area (Å²) in [6, 6.07) is 10.1. The molecule has 10 nitrogen and oxygen atoms in total. The van der Waals surface area contributed by atoms with Crippen LogP contribution in [0.5, 0.6) is 0 Å². The number of oxazole rings is 1. The Balaban J connectivity index is 1.33. The van der Waals surface area contributed by atoms with Gasteiger partial charge in [0.25, 0.3) is 0 Å². The van der Waals surface area contributed by atoms with Gasteiger partial charge in [-0.05, 0) is 30.3 Å². The van der Waals surface area contributed by atoms with Gasteiger partial charge in [0.15, 0.2) is 5.58 Å². The first-order valence-corrected chi connectivity index (χ1v) is 10.8. The predicted octanol–water partition coefficient (Wildman–Crippen LogP) is 1.21. The van der Waals surface area contributed by atoms with E-state index < -0.39 is 15.8 Å². The lowest BCUT2D eigenvalue weighted by atomic mass is 10.3. The van der Waals surface area contributed by atoms with E-state index in [2.05, 4.69) is 15.0 Å². The smallest absolute Gasteiger partial charge is 0.408 e. The Morgan fingerprint density at radius 2 is 1.70 bits per heavy atom. The third kappa shape index (κ3) is 3.27. The fourth-order valence-corrected chi connectivity index (χ4v) is 4.99. The topological polar surface area (TPSA) is 117 Å². The molecular formula is C19H18N6O4S. The van der Waals surface area contributed by atoms with E-state index in [9.17, 15) is 13.2 Å². The number of rotatable bonds is 4. The SMILES string of the molecule is O=c1[nH]c2cc(S(=O)(=O)N3CCN(c4cc(-n5cccc5)ncn4)CC3)ccc2o1. The molecule has 0 radical (unpaired) electrons. The molecule has 1 aliphatic rings. The normalized spacial score (nSPS) is 15.7. The van der Waals surface area contributed by atoms with Crippen LogP contribution < -0.4 is 10.7 Å². The van der Waals surface area contributed by atoms with E-state index >= 15 is 0 Å². The van der Waals surface area contributed by atoms with Gasteiger partial charge in [0.2, 0.25) is 10.0 Å². The molecule has 0 aliphatic carbocycles. The van der Waals surface area contributed by atoms with Crippen molar-refractivity contribution in [3.63, 3.8) is 0 Å². The number of nitrogens with zero attached hydrogens (tertiary/aromatic N) is 5. The van der Waals surface area contributed by atoms with E-state index in [-0.39, 0.29) is 4.90 Å². The molecule has 1 saturated heterocycles. The first-order valence-electron chi connectivity index (χ1n) is 9.34. The minimum atomic E-state index is -3.69. The van der Waals surface area contributed by atoms with Crippen molar-refractivity contribution in [1.29, 1.82) is 0 Å². The average molecular weight is 426 g/mol. The molecule has 1 N–H and O–H groups in total. The van der Waals surface area contributed by atoms with Crippen molar-refractivity contribution in [2.45, 2.75) is 4.90 Å². The molecule has 0 amide bonds. The standard InChI is InChI=1S/C19H18N6O4S/c26-19-22-15-11-14(3-4-16(15)29-19)30(27,28)25-9-7-24(8-10-25)18-12-17(20-13-21-18)23-5-1-2-6-23/h1-6,11-13H,7-10H2,(H,22,26). The van der Waals surface area contributed by atoms with Crippen molar-refractivity contribution in [2.24, 2.45) is 0 Å². The summed E-state index contributed by atoms with van der Waals surface area (Å²) in [5.74, 6) is 0.892. The highest BCUT2D eigenvalue weighted by Gasteiger charge is 2.29. The second-order valence-electron chi connectivity index (χ2n) is 6.89. The summed E-state index contributed by atoms with van der Waals surface area (Å²) in [6.45, 7) is 1.66. The van der Waals surface area contributed by atoms with Crippen LogP contribution >= 0.6 is 0 Å². The first kappa shape index (κ1) is 18.6. The minimum absolute atomic E-state index is 0.123. The summed E-state index contributed by atoms with van der Waals surface area (Å²) >= 11 is 0. The highest BCUT2D eigenvalue weighted by molar-refractivity contribution is 7.89. The Labute approximate surface area is 171 Å². The fourth-order valence-electron chi connectivity index (χ4n) is 3.54. The minimum Gasteiger partial charge on any atom is -0.408 e. The van der Waals surface area contributed by atoms with Crippen molar-refractivity contribution in [3.05, 3.63) is 65.7 Å². The quantitative estimate of drug-likeness (QED) is 0.521. The van der Waals surface area contributed by atoms with Crippen LogP contribution in [-0.4, -0.2) is 58.4 Å². The summed E-state index contributed by atoms with van der Waals surface area (Å²) in [5, 5.41) is 0. The Hall–Kier alpha value is -3.44. The molecule has 30 heavy (non-hydrogen) atoms. The summed E-state index contributed by atoms with van der Waals surface area (Å²) in [4.78, 5) is 24.6. The fraction of sp³-hybridized carbons (Fsp3) is 0.211. The van der Waals surface area contributed by atoms with Crippen LogP contribution in [0, 0.1) is 0 Å². The maximum Gasteiger partial charge on any atom is 0.417 e. The Bertz CT molecular complexity index is 1350. The van der Waals surface area contributed by atoms with Gasteiger partial charge >= 0.3 is 5.76 Å². The van der Waals surface area contributed by atoms with Crippen LogP contribution in [0.4, 0.5) is 5.82 Å². The van der Waals surface area contributed by atoms with Crippen molar-refractivity contribution >= 4 is 26.9 Å². The van der Waals surface area contributed by atoms with E-state index in [1.807, 2.05) is 40.1 Å². The van der Waals surface area contributed by atoms with Gasteiger partial charge in [-0.25, -0.2) is 23.2 Å². The maximum atomic E-state index is 13.0. The second kappa shape index (κ2) is 7.11. The van der Waals surface area contributed by atoms with Gasteiger partial charge in [0.1, 0.15) is 18.0 Å². The molecule has 0 atom stereocenters. The lowest BCUT2D eigenvalue weighted by Crippen LogP contribution is -2.48. The van der Waals surface area contributed by atoms with Gasteiger partial charge in [0, 0.05) is 44.6 Å². The number of aromatic amines is 1. The highest BCUT2D eigenvalue weighted by Crippen LogP contribution is 2.23. The maximum absolute atomic E-state index is 13.0. The molecule has 4 aromatic rings. The van der Waals surface area contributed by atoms with E-state index in [1.165, 1.54) is 28.8 Å². The van der Waals surface area contributed by atoms with Crippen molar-refractivity contribution in [2.75, 3.05) is 31.1 Å². The highest BCUT2D eigenvalue weighted by atomic mass is 32.2. The molecule has 1 aliphatic heterocycles.